The first kappa shape index (κ1) is 25.3. The number of amides is 1. The molecule has 0 aliphatic heterocycles. The Balaban J connectivity index is 1.54. The van der Waals surface area contributed by atoms with Crippen LogP contribution >= 0.6 is 11.6 Å². The van der Waals surface area contributed by atoms with Gasteiger partial charge in [-0.15, -0.1) is 0 Å². The van der Waals surface area contributed by atoms with Crippen molar-refractivity contribution in [1.29, 1.82) is 0 Å². The number of hydrogen-bond donors (Lipinski definition) is 3. The minimum atomic E-state index is -1.08. The molecule has 0 saturated carbocycles. The highest BCUT2D eigenvalue weighted by Gasteiger charge is 2.19. The van der Waals surface area contributed by atoms with E-state index in [1.807, 2.05) is 0 Å². The summed E-state index contributed by atoms with van der Waals surface area (Å²) in [4.78, 5) is 21.0. The Labute approximate surface area is 210 Å². The van der Waals surface area contributed by atoms with E-state index in [-0.39, 0.29) is 22.2 Å². The summed E-state index contributed by atoms with van der Waals surface area (Å²) in [5.74, 6) is -2.31. The van der Waals surface area contributed by atoms with Gasteiger partial charge in [-0.3, -0.25) is 9.20 Å². The number of hydrogen-bond acceptors (Lipinski definition) is 7. The van der Waals surface area contributed by atoms with Crippen LogP contribution in [0.3, 0.4) is 0 Å². The van der Waals surface area contributed by atoms with Gasteiger partial charge >= 0.3 is 0 Å². The Bertz CT molecular complexity index is 1400. The number of nitrogens with zero attached hydrogens (tertiary/aromatic N) is 3. The van der Waals surface area contributed by atoms with Crippen LogP contribution in [0, 0.1) is 11.6 Å². The molecule has 4 N–H and O–H groups in total. The number of aromatic nitrogens is 3. The van der Waals surface area contributed by atoms with Gasteiger partial charge < -0.3 is 25.8 Å². The molecule has 0 unspecified atom stereocenters. The van der Waals surface area contributed by atoms with Crippen molar-refractivity contribution >= 4 is 34.7 Å². The van der Waals surface area contributed by atoms with Crippen LogP contribution in [-0.4, -0.2) is 53.7 Å². The molecule has 0 saturated heterocycles. The van der Waals surface area contributed by atoms with E-state index in [0.29, 0.717) is 54.7 Å². The Morgan fingerprint density at radius 3 is 2.75 bits per heavy atom. The van der Waals surface area contributed by atoms with Crippen molar-refractivity contribution in [2.24, 2.45) is 5.73 Å². The first-order chi connectivity index (χ1) is 17.4. The number of benzene rings is 2. The molecule has 0 bridgehead atoms. The van der Waals surface area contributed by atoms with Crippen LogP contribution in [0.1, 0.15) is 10.4 Å². The van der Waals surface area contributed by atoms with E-state index >= 15 is 0 Å². The Hall–Kier alpha value is -3.80. The van der Waals surface area contributed by atoms with Gasteiger partial charge in [-0.2, -0.15) is 4.39 Å². The third-order valence-electron chi connectivity index (χ3n) is 5.24. The minimum absolute atomic E-state index is 0.0183. The monoisotopic (exact) mass is 516 g/mol. The van der Waals surface area contributed by atoms with Gasteiger partial charge in [-0.05, 0) is 30.3 Å². The fourth-order valence-electron chi connectivity index (χ4n) is 3.52. The van der Waals surface area contributed by atoms with E-state index in [0.717, 1.165) is 0 Å². The predicted molar refractivity (Wildman–Crippen MR) is 132 cm³/mol. The molecule has 9 nitrogen and oxygen atoms in total. The molecule has 0 radical (unpaired) electrons. The van der Waals surface area contributed by atoms with Gasteiger partial charge in [0.25, 0.3) is 5.91 Å². The summed E-state index contributed by atoms with van der Waals surface area (Å²) in [6, 6.07) is 7.59. The molecular formula is C24H23ClF2N6O3. The number of methoxy groups -OCH3 is 1. The fraction of sp³-hybridized carbons (Fsp3) is 0.208. The number of anilines is 2. The topological polar surface area (TPSA) is 116 Å². The smallest absolute Gasteiger partial charge is 0.252 e. The number of ether oxygens (including phenoxy) is 2. The number of carbonyl (C=O) groups excluding carboxylic acids is 1. The number of fused-ring (bicyclic) bond motifs is 1. The van der Waals surface area contributed by atoms with Gasteiger partial charge in [0.1, 0.15) is 0 Å². The average molecular weight is 517 g/mol. The van der Waals surface area contributed by atoms with E-state index in [4.69, 9.17) is 26.8 Å². The molecule has 12 heteroatoms. The Morgan fingerprint density at radius 1 is 1.17 bits per heavy atom. The van der Waals surface area contributed by atoms with Gasteiger partial charge in [0.05, 0.1) is 42.8 Å². The molecule has 0 aliphatic carbocycles. The quantitative estimate of drug-likeness (QED) is 0.275. The standard InChI is InChI=1S/C24H23ClF2N6O3/c1-35-19-5-4-16(20(26)21(19)27)18-13-31-23-22(29-7-9-33(18)23)32-14-2-3-15(17(25)12-14)24(34)30-8-11-36-10-6-28/h2-5,7,9,12-13H,6,8,10-11,28H2,1H3,(H,29,32)(H,30,34). The molecule has 2 aromatic carbocycles. The lowest BCUT2D eigenvalue weighted by Crippen LogP contribution is -2.28. The van der Waals surface area contributed by atoms with Crippen molar-refractivity contribution in [3.05, 3.63) is 71.1 Å². The van der Waals surface area contributed by atoms with E-state index in [1.165, 1.54) is 31.6 Å². The van der Waals surface area contributed by atoms with Gasteiger partial charge in [0.2, 0.25) is 5.82 Å². The number of carbonyl (C=O) groups is 1. The molecule has 2 aromatic heterocycles. The number of imidazole rings is 1. The zero-order valence-corrected chi connectivity index (χ0v) is 20.0. The molecule has 0 spiro atoms. The third kappa shape index (κ3) is 5.23. The number of nitrogens with one attached hydrogen (secondary N) is 2. The van der Waals surface area contributed by atoms with Crippen LogP contribution in [0.4, 0.5) is 20.3 Å². The fourth-order valence-corrected chi connectivity index (χ4v) is 3.79. The van der Waals surface area contributed by atoms with E-state index < -0.39 is 11.6 Å². The van der Waals surface area contributed by atoms with Crippen molar-refractivity contribution in [2.45, 2.75) is 0 Å². The lowest BCUT2D eigenvalue weighted by molar-refractivity contribution is 0.0920. The maximum atomic E-state index is 14.7. The van der Waals surface area contributed by atoms with E-state index in [1.54, 1.807) is 28.8 Å². The number of nitrogens with two attached hydrogens (primary N) is 1. The van der Waals surface area contributed by atoms with E-state index in [9.17, 15) is 13.6 Å². The second kappa shape index (κ2) is 11.3. The maximum absolute atomic E-state index is 14.7. The first-order valence-electron chi connectivity index (χ1n) is 10.9. The molecule has 1 amide bonds. The van der Waals surface area contributed by atoms with Gasteiger partial charge in [-0.1, -0.05) is 11.6 Å². The molecule has 4 rings (SSSR count). The first-order valence-corrected chi connectivity index (χ1v) is 11.3. The summed E-state index contributed by atoms with van der Waals surface area (Å²) < 4.78 is 40.6. The van der Waals surface area contributed by atoms with Gasteiger partial charge in [0.15, 0.2) is 23.0 Å². The third-order valence-corrected chi connectivity index (χ3v) is 5.55. The second-order valence-corrected chi connectivity index (χ2v) is 7.94. The van der Waals surface area contributed by atoms with Gasteiger partial charge in [-0.25, -0.2) is 14.4 Å². The summed E-state index contributed by atoms with van der Waals surface area (Å²) in [6.45, 7) is 1.49. The highest BCUT2D eigenvalue weighted by atomic mass is 35.5. The van der Waals surface area contributed by atoms with Crippen molar-refractivity contribution in [1.82, 2.24) is 19.7 Å². The van der Waals surface area contributed by atoms with Crippen LogP contribution in [0.5, 0.6) is 5.75 Å². The van der Waals surface area contributed by atoms with Gasteiger partial charge in [0, 0.05) is 36.7 Å². The Morgan fingerprint density at radius 2 is 2.00 bits per heavy atom. The summed E-state index contributed by atoms with van der Waals surface area (Å²) in [5.41, 5.74) is 6.92. The summed E-state index contributed by atoms with van der Waals surface area (Å²) in [6.07, 6.45) is 4.50. The van der Waals surface area contributed by atoms with Crippen LogP contribution < -0.4 is 21.1 Å². The highest BCUT2D eigenvalue weighted by Crippen LogP contribution is 2.32. The molecule has 0 aliphatic rings. The largest absolute Gasteiger partial charge is 0.494 e. The molecule has 0 fully saturated rings. The highest BCUT2D eigenvalue weighted by molar-refractivity contribution is 6.34. The van der Waals surface area contributed by atoms with Crippen molar-refractivity contribution in [3.63, 3.8) is 0 Å². The van der Waals surface area contributed by atoms with Crippen LogP contribution in [0.15, 0.2) is 48.9 Å². The SMILES string of the molecule is COc1ccc(-c2cnc3c(Nc4ccc(C(=O)NCCOCCN)c(Cl)c4)nccn23)c(F)c1F. The normalized spacial score (nSPS) is 11.0. The molecule has 36 heavy (non-hydrogen) atoms. The lowest BCUT2D eigenvalue weighted by atomic mass is 10.1. The lowest BCUT2D eigenvalue weighted by Gasteiger charge is -2.11. The minimum Gasteiger partial charge on any atom is -0.494 e. The molecule has 4 aromatic rings. The average Bonchev–Trinajstić information content (AvgIpc) is 3.30. The zero-order chi connectivity index (χ0) is 25.7. The summed E-state index contributed by atoms with van der Waals surface area (Å²) >= 11 is 6.34. The van der Waals surface area contributed by atoms with Crippen molar-refractivity contribution in [2.75, 3.05) is 38.7 Å². The maximum Gasteiger partial charge on any atom is 0.252 e. The molecular weight excluding hydrogens is 494 g/mol. The predicted octanol–water partition coefficient (Wildman–Crippen LogP) is 3.79. The van der Waals surface area contributed by atoms with Crippen LogP contribution in [0.2, 0.25) is 5.02 Å². The van der Waals surface area contributed by atoms with Crippen molar-refractivity contribution < 1.29 is 23.0 Å². The number of rotatable bonds is 10. The van der Waals surface area contributed by atoms with E-state index in [2.05, 4.69) is 20.6 Å². The van der Waals surface area contributed by atoms with Crippen LogP contribution in [-0.2, 0) is 4.74 Å². The zero-order valence-electron chi connectivity index (χ0n) is 19.2. The van der Waals surface area contributed by atoms with Crippen molar-refractivity contribution in [3.8, 4) is 17.0 Å². The molecule has 0 atom stereocenters. The summed E-state index contributed by atoms with van der Waals surface area (Å²) in [7, 11) is 1.26. The molecule has 2 heterocycles. The molecule has 188 valence electrons. The summed E-state index contributed by atoms with van der Waals surface area (Å²) in [5, 5.41) is 6.05. The van der Waals surface area contributed by atoms with Crippen LogP contribution in [0.25, 0.3) is 16.9 Å². The number of halogens is 3. The second-order valence-electron chi connectivity index (χ2n) is 7.53. The Kier molecular flexibility index (Phi) is 7.93.